The summed E-state index contributed by atoms with van der Waals surface area (Å²) in [5.74, 6) is 0.262. The molecule has 0 aliphatic carbocycles. The summed E-state index contributed by atoms with van der Waals surface area (Å²) in [4.78, 5) is 0. The highest BCUT2D eigenvalue weighted by molar-refractivity contribution is 4.87. The Hall–Kier alpha value is -0.500. The van der Waals surface area contributed by atoms with Gasteiger partial charge in [0.05, 0.1) is 0 Å². The van der Waals surface area contributed by atoms with Crippen LogP contribution >= 0.6 is 0 Å². The smallest absolute Gasteiger partial charge is 0.343 e. The van der Waals surface area contributed by atoms with E-state index in [1.165, 1.54) is 6.92 Å². The van der Waals surface area contributed by atoms with Crippen molar-refractivity contribution in [2.24, 2.45) is 0 Å². The van der Waals surface area contributed by atoms with Crippen LogP contribution < -0.4 is 0 Å². The normalized spacial score (nSPS) is 13.8. The molecule has 0 rings (SSSR count). The van der Waals surface area contributed by atoms with Crippen molar-refractivity contribution in [1.82, 2.24) is 0 Å². The number of rotatable bonds is 6. The van der Waals surface area contributed by atoms with Gasteiger partial charge >= 0.3 is 12.4 Å². The second kappa shape index (κ2) is 6.44. The average molecular weight is 267 g/mol. The van der Waals surface area contributed by atoms with Crippen LogP contribution in [0.3, 0.4) is 0 Å². The lowest BCUT2D eigenvalue weighted by Gasteiger charge is -2.24. The first kappa shape index (κ1) is 16.5. The maximum atomic E-state index is 11.8. The molecule has 103 valence electrons. The van der Waals surface area contributed by atoms with Crippen molar-refractivity contribution in [2.75, 3.05) is 13.2 Å². The molecule has 2 nitrogen and oxygen atoms in total. The molecule has 1 radical (unpaired) electrons. The van der Waals surface area contributed by atoms with Crippen LogP contribution in [0.4, 0.5) is 26.3 Å². The minimum Gasteiger partial charge on any atom is -0.343 e. The Kier molecular flexibility index (Phi) is 6.25. The second-order valence-electron chi connectivity index (χ2n) is 3.38. The van der Waals surface area contributed by atoms with E-state index in [0.717, 1.165) is 0 Å². The zero-order chi connectivity index (χ0) is 13.7. The Morgan fingerprint density at radius 2 is 1.29 bits per heavy atom. The summed E-state index contributed by atoms with van der Waals surface area (Å²) in [6, 6.07) is 0. The summed E-state index contributed by atoms with van der Waals surface area (Å²) in [6.07, 6.45) is -10.5. The van der Waals surface area contributed by atoms with Crippen molar-refractivity contribution in [1.29, 1.82) is 0 Å². The van der Waals surface area contributed by atoms with Gasteiger partial charge in [0.15, 0.2) is 6.29 Å². The summed E-state index contributed by atoms with van der Waals surface area (Å²) < 4.78 is 79.6. The zero-order valence-corrected chi connectivity index (χ0v) is 9.28. The molecular weight excluding hydrogens is 254 g/mol. The molecule has 0 N–H and O–H groups in total. The number of alkyl halides is 6. The molecular formula is C9H13F6O2. The van der Waals surface area contributed by atoms with Gasteiger partial charge in [0, 0.05) is 5.92 Å². The zero-order valence-electron chi connectivity index (χ0n) is 9.28. The van der Waals surface area contributed by atoms with Crippen LogP contribution in [0, 0.1) is 5.92 Å². The molecule has 0 aromatic rings. The molecule has 0 saturated carbocycles. The SMILES string of the molecule is CC[C](C)C(OCC(F)(F)F)OCC(F)(F)F. The fraction of sp³-hybridized carbons (Fsp3) is 0.889. The fourth-order valence-corrected chi connectivity index (χ4v) is 0.840. The molecule has 0 saturated heterocycles. The van der Waals surface area contributed by atoms with Crippen molar-refractivity contribution in [3.63, 3.8) is 0 Å². The van der Waals surface area contributed by atoms with E-state index >= 15 is 0 Å². The van der Waals surface area contributed by atoms with E-state index in [2.05, 4.69) is 9.47 Å². The van der Waals surface area contributed by atoms with Gasteiger partial charge in [-0.15, -0.1) is 0 Å². The quantitative estimate of drug-likeness (QED) is 0.542. The van der Waals surface area contributed by atoms with Gasteiger partial charge in [-0.3, -0.25) is 0 Å². The van der Waals surface area contributed by atoms with Crippen molar-refractivity contribution >= 4 is 0 Å². The summed E-state index contributed by atoms with van der Waals surface area (Å²) in [5, 5.41) is 0. The van der Waals surface area contributed by atoms with Crippen molar-refractivity contribution in [3.8, 4) is 0 Å². The minimum atomic E-state index is -4.60. The van der Waals surface area contributed by atoms with Gasteiger partial charge in [-0.05, 0) is 6.42 Å². The molecule has 0 amide bonds. The van der Waals surface area contributed by atoms with Gasteiger partial charge in [-0.25, -0.2) is 0 Å². The third-order valence-electron chi connectivity index (χ3n) is 1.76. The van der Waals surface area contributed by atoms with Crippen LogP contribution in [-0.2, 0) is 9.47 Å². The Balaban J connectivity index is 4.25. The van der Waals surface area contributed by atoms with Crippen LogP contribution in [-0.4, -0.2) is 31.9 Å². The average Bonchev–Trinajstić information content (AvgIpc) is 2.13. The summed E-state index contributed by atoms with van der Waals surface area (Å²) >= 11 is 0. The molecule has 0 bridgehead atoms. The Bertz CT molecular complexity index is 195. The highest BCUT2D eigenvalue weighted by Gasteiger charge is 2.34. The lowest BCUT2D eigenvalue weighted by molar-refractivity contribution is -0.254. The third-order valence-corrected chi connectivity index (χ3v) is 1.76. The van der Waals surface area contributed by atoms with E-state index in [9.17, 15) is 26.3 Å². The predicted octanol–water partition coefficient (Wildman–Crippen LogP) is 3.47. The Labute approximate surface area is 94.9 Å². The number of halogens is 6. The van der Waals surface area contributed by atoms with Crippen LogP contribution in [0.5, 0.6) is 0 Å². The largest absolute Gasteiger partial charge is 0.411 e. The highest BCUT2D eigenvalue weighted by Crippen LogP contribution is 2.23. The Morgan fingerprint density at radius 3 is 1.53 bits per heavy atom. The lowest BCUT2D eigenvalue weighted by atomic mass is 10.1. The molecule has 8 heteroatoms. The summed E-state index contributed by atoms with van der Waals surface area (Å²) in [6.45, 7) is -0.340. The van der Waals surface area contributed by atoms with Crippen LogP contribution in [0.25, 0.3) is 0 Å². The van der Waals surface area contributed by atoms with Gasteiger partial charge in [0.25, 0.3) is 0 Å². The highest BCUT2D eigenvalue weighted by atomic mass is 19.4. The van der Waals surface area contributed by atoms with Crippen molar-refractivity contribution in [2.45, 2.75) is 38.9 Å². The first-order chi connectivity index (χ1) is 7.55. The van der Waals surface area contributed by atoms with E-state index in [-0.39, 0.29) is 12.3 Å². The van der Waals surface area contributed by atoms with Crippen LogP contribution in [0.2, 0.25) is 0 Å². The summed E-state index contributed by atoms with van der Waals surface area (Å²) in [5.41, 5.74) is 0. The molecule has 0 atom stereocenters. The molecule has 0 unspecified atom stereocenters. The third kappa shape index (κ3) is 9.22. The topological polar surface area (TPSA) is 18.5 Å². The van der Waals surface area contributed by atoms with E-state index in [1.54, 1.807) is 6.92 Å². The number of hydrogen-bond acceptors (Lipinski definition) is 2. The van der Waals surface area contributed by atoms with Crippen molar-refractivity contribution in [3.05, 3.63) is 5.92 Å². The maximum Gasteiger partial charge on any atom is 0.411 e. The first-order valence-corrected chi connectivity index (χ1v) is 4.74. The first-order valence-electron chi connectivity index (χ1n) is 4.74. The van der Waals surface area contributed by atoms with E-state index in [0.29, 0.717) is 0 Å². The number of ether oxygens (including phenoxy) is 2. The molecule has 0 aromatic carbocycles. The van der Waals surface area contributed by atoms with Gasteiger partial charge in [-0.1, -0.05) is 13.8 Å². The van der Waals surface area contributed by atoms with Gasteiger partial charge in [0.1, 0.15) is 13.2 Å². The van der Waals surface area contributed by atoms with Gasteiger partial charge in [-0.2, -0.15) is 26.3 Å². The fourth-order valence-electron chi connectivity index (χ4n) is 0.840. The number of hydrogen-bond donors (Lipinski definition) is 0. The lowest BCUT2D eigenvalue weighted by Crippen LogP contribution is -2.32. The second-order valence-corrected chi connectivity index (χ2v) is 3.38. The maximum absolute atomic E-state index is 11.8. The molecule has 17 heavy (non-hydrogen) atoms. The van der Waals surface area contributed by atoms with Gasteiger partial charge < -0.3 is 9.47 Å². The molecule has 0 aromatic heterocycles. The Morgan fingerprint density at radius 1 is 0.941 bits per heavy atom. The van der Waals surface area contributed by atoms with E-state index in [1.807, 2.05) is 0 Å². The molecule has 0 spiro atoms. The minimum absolute atomic E-state index is 0.262. The van der Waals surface area contributed by atoms with E-state index < -0.39 is 31.9 Å². The van der Waals surface area contributed by atoms with Crippen LogP contribution in [0.1, 0.15) is 20.3 Å². The summed E-state index contributed by atoms with van der Waals surface area (Å²) in [7, 11) is 0. The van der Waals surface area contributed by atoms with Crippen LogP contribution in [0.15, 0.2) is 0 Å². The standard InChI is InChI=1S/C9H13F6O2/c1-3-6(2)7(16-4-8(10,11)12)17-5-9(13,14)15/h7H,3-5H2,1-2H3. The monoisotopic (exact) mass is 267 g/mol. The van der Waals surface area contributed by atoms with E-state index in [4.69, 9.17) is 0 Å². The molecule has 0 heterocycles. The van der Waals surface area contributed by atoms with Crippen molar-refractivity contribution < 1.29 is 35.8 Å². The van der Waals surface area contributed by atoms with Gasteiger partial charge in [0.2, 0.25) is 0 Å². The molecule has 0 aliphatic rings. The molecule has 0 aliphatic heterocycles. The predicted molar refractivity (Wildman–Crippen MR) is 47.0 cm³/mol. The molecule has 0 fully saturated rings.